The minimum Gasteiger partial charge on any atom is -0.493 e. The van der Waals surface area contributed by atoms with Crippen LogP contribution < -0.4 is 9.47 Å². The number of amides is 1. The highest BCUT2D eigenvalue weighted by Crippen LogP contribution is 2.36. The molecule has 33 heavy (non-hydrogen) atoms. The molecule has 1 aliphatic rings. The second kappa shape index (κ2) is 11.5. The number of ether oxygens (including phenoxy) is 3. The largest absolute Gasteiger partial charge is 0.493 e. The van der Waals surface area contributed by atoms with Crippen molar-refractivity contribution in [2.24, 2.45) is 4.99 Å². The number of para-hydroxylation sites is 1. The molecule has 0 radical (unpaired) electrons. The van der Waals surface area contributed by atoms with E-state index in [0.29, 0.717) is 41.1 Å². The van der Waals surface area contributed by atoms with Crippen LogP contribution in [-0.2, 0) is 14.3 Å². The second-order valence-corrected chi connectivity index (χ2v) is 8.16. The van der Waals surface area contributed by atoms with Crippen molar-refractivity contribution in [2.75, 3.05) is 27.4 Å². The Morgan fingerprint density at radius 1 is 1.18 bits per heavy atom. The number of carbonyl (C=O) groups excluding carboxylic acids is 1. The molecule has 0 aliphatic carbocycles. The molecule has 174 valence electrons. The van der Waals surface area contributed by atoms with E-state index in [-0.39, 0.29) is 5.91 Å². The van der Waals surface area contributed by atoms with E-state index in [1.165, 1.54) is 25.8 Å². The molecule has 1 heterocycles. The topological polar surface area (TPSA) is 97.7 Å². The molecule has 0 spiro atoms. The molecular weight excluding hydrogens is 444 g/mol. The summed E-state index contributed by atoms with van der Waals surface area (Å²) in [5.74, 6) is -0.518. The molecule has 1 N–H and O–H groups in total. The van der Waals surface area contributed by atoms with Gasteiger partial charge in [-0.3, -0.25) is 9.69 Å². The Morgan fingerprint density at radius 3 is 2.61 bits per heavy atom. The number of aliphatic imine (C=N–C) groups is 1. The molecule has 8 nitrogen and oxygen atoms in total. The summed E-state index contributed by atoms with van der Waals surface area (Å²) in [5, 5.41) is 9.68. The Labute approximate surface area is 196 Å². The maximum Gasteiger partial charge on any atom is 0.344 e. The molecule has 1 amide bonds. The first-order valence-corrected chi connectivity index (χ1v) is 11.2. The van der Waals surface area contributed by atoms with Crippen molar-refractivity contribution in [3.8, 4) is 11.5 Å². The molecule has 2 aromatic rings. The zero-order chi connectivity index (χ0) is 23.8. The monoisotopic (exact) mass is 470 g/mol. The fourth-order valence-corrected chi connectivity index (χ4v) is 4.06. The molecule has 0 aromatic heterocycles. The molecule has 2 aromatic carbocycles. The van der Waals surface area contributed by atoms with Crippen molar-refractivity contribution >= 4 is 40.6 Å². The molecule has 0 unspecified atom stereocenters. The number of aliphatic carboxylic acids is 1. The second-order valence-electron chi connectivity index (χ2n) is 7.15. The predicted octanol–water partition coefficient (Wildman–Crippen LogP) is 4.19. The van der Waals surface area contributed by atoms with Gasteiger partial charge in [0, 0.05) is 20.3 Å². The van der Waals surface area contributed by atoms with Crippen LogP contribution in [-0.4, -0.2) is 60.5 Å². The molecule has 0 saturated carbocycles. The number of hydrogen-bond donors (Lipinski definition) is 1. The highest BCUT2D eigenvalue weighted by Gasteiger charge is 2.33. The lowest BCUT2D eigenvalue weighted by atomic mass is 10.1. The number of carbonyl (C=O) groups is 2. The molecule has 0 bridgehead atoms. The third-order valence-corrected chi connectivity index (χ3v) is 5.74. The van der Waals surface area contributed by atoms with Crippen molar-refractivity contribution in [1.29, 1.82) is 0 Å². The summed E-state index contributed by atoms with van der Waals surface area (Å²) in [4.78, 5) is 31.1. The van der Waals surface area contributed by atoms with Crippen LogP contribution in [0.1, 0.15) is 18.9 Å². The van der Waals surface area contributed by atoms with E-state index < -0.39 is 12.1 Å². The van der Waals surface area contributed by atoms with Crippen molar-refractivity contribution in [3.05, 3.63) is 59.0 Å². The number of methoxy groups -OCH3 is 2. The average Bonchev–Trinajstić information content (AvgIpc) is 3.09. The molecule has 1 saturated heterocycles. The van der Waals surface area contributed by atoms with Gasteiger partial charge in [0.05, 0.1) is 17.7 Å². The SMILES string of the molecule is COCCCN1C(=O)/C(=C/c2ccc(O[C@H](C)C(=O)O)c(OC)c2)SC1=Nc1ccccc1. The van der Waals surface area contributed by atoms with Gasteiger partial charge in [-0.05, 0) is 61.0 Å². The van der Waals surface area contributed by atoms with Crippen LogP contribution in [0, 0.1) is 0 Å². The zero-order valence-corrected chi connectivity index (χ0v) is 19.5. The number of amidine groups is 1. The summed E-state index contributed by atoms with van der Waals surface area (Å²) < 4.78 is 15.9. The zero-order valence-electron chi connectivity index (χ0n) is 18.7. The number of carboxylic acids is 1. The first-order valence-electron chi connectivity index (χ1n) is 10.3. The fraction of sp³-hybridized carbons (Fsp3) is 0.292. The minimum atomic E-state index is -1.07. The van der Waals surface area contributed by atoms with E-state index >= 15 is 0 Å². The molecule has 1 aliphatic heterocycles. The van der Waals surface area contributed by atoms with Gasteiger partial charge in [0.25, 0.3) is 5.91 Å². The molecule has 9 heteroatoms. The summed E-state index contributed by atoms with van der Waals surface area (Å²) >= 11 is 1.30. The van der Waals surface area contributed by atoms with E-state index in [4.69, 9.17) is 19.3 Å². The Kier molecular flexibility index (Phi) is 8.51. The van der Waals surface area contributed by atoms with Gasteiger partial charge in [-0.1, -0.05) is 24.3 Å². The Balaban J connectivity index is 1.88. The number of carboxylic acid groups (broad SMARTS) is 1. The lowest BCUT2D eigenvalue weighted by Crippen LogP contribution is -2.30. The summed E-state index contributed by atoms with van der Waals surface area (Å²) in [6, 6.07) is 14.5. The van der Waals surface area contributed by atoms with Crippen LogP contribution in [0.4, 0.5) is 5.69 Å². The Bertz CT molecular complexity index is 1050. The van der Waals surface area contributed by atoms with Crippen molar-refractivity contribution in [2.45, 2.75) is 19.4 Å². The smallest absolute Gasteiger partial charge is 0.344 e. The van der Waals surface area contributed by atoms with Crippen molar-refractivity contribution in [3.63, 3.8) is 0 Å². The number of nitrogens with zero attached hydrogens (tertiary/aromatic N) is 2. The van der Waals surface area contributed by atoms with Gasteiger partial charge < -0.3 is 19.3 Å². The van der Waals surface area contributed by atoms with Gasteiger partial charge in [-0.25, -0.2) is 9.79 Å². The Morgan fingerprint density at radius 2 is 1.94 bits per heavy atom. The maximum atomic E-state index is 13.1. The summed E-state index contributed by atoms with van der Waals surface area (Å²) in [5.41, 5.74) is 1.48. The van der Waals surface area contributed by atoms with E-state index in [2.05, 4.69) is 4.99 Å². The van der Waals surface area contributed by atoms with E-state index in [0.717, 1.165) is 11.3 Å². The molecule has 3 rings (SSSR count). The minimum absolute atomic E-state index is 0.135. The van der Waals surface area contributed by atoms with E-state index in [1.807, 2.05) is 30.3 Å². The third kappa shape index (κ3) is 6.36. The normalized spacial score (nSPS) is 16.9. The summed E-state index contributed by atoms with van der Waals surface area (Å²) in [6.45, 7) is 2.47. The third-order valence-electron chi connectivity index (χ3n) is 4.74. The van der Waals surface area contributed by atoms with Crippen LogP contribution in [0.2, 0.25) is 0 Å². The van der Waals surface area contributed by atoms with Crippen molar-refractivity contribution in [1.82, 2.24) is 4.90 Å². The van der Waals surface area contributed by atoms with E-state index in [1.54, 1.807) is 36.3 Å². The standard InChI is InChI=1S/C24H26N2O6S/c1-16(23(28)29)32-19-11-10-17(14-20(19)31-3)15-21-22(27)26(12-7-13-30-2)24(33-21)25-18-8-5-4-6-9-18/h4-6,8-11,14-16H,7,12-13H2,1-3H3,(H,28,29)/b21-15-,25-24?/t16-/m1/s1. The number of benzene rings is 2. The first kappa shape index (κ1) is 24.3. The van der Waals surface area contributed by atoms with Gasteiger partial charge >= 0.3 is 5.97 Å². The molecule has 1 atom stereocenters. The first-order chi connectivity index (χ1) is 15.9. The number of rotatable bonds is 10. The van der Waals surface area contributed by atoms with Crippen molar-refractivity contribution < 1.29 is 28.9 Å². The van der Waals surface area contributed by atoms with Gasteiger partial charge in [-0.2, -0.15) is 0 Å². The van der Waals surface area contributed by atoms with E-state index in [9.17, 15) is 9.59 Å². The summed E-state index contributed by atoms with van der Waals surface area (Å²) in [7, 11) is 3.10. The average molecular weight is 471 g/mol. The van der Waals surface area contributed by atoms with Crippen LogP contribution in [0.25, 0.3) is 6.08 Å². The predicted molar refractivity (Wildman–Crippen MR) is 128 cm³/mol. The molecule has 1 fully saturated rings. The quantitative estimate of drug-likeness (QED) is 0.411. The van der Waals surface area contributed by atoms with Crippen LogP contribution in [0.3, 0.4) is 0 Å². The lowest BCUT2D eigenvalue weighted by molar-refractivity contribution is -0.144. The summed E-state index contributed by atoms with van der Waals surface area (Å²) in [6.07, 6.45) is 1.43. The highest BCUT2D eigenvalue weighted by atomic mass is 32.2. The number of hydrogen-bond acceptors (Lipinski definition) is 7. The van der Waals surface area contributed by atoms with Gasteiger partial charge in [0.1, 0.15) is 0 Å². The number of thioether (sulfide) groups is 1. The van der Waals surface area contributed by atoms with Crippen LogP contribution in [0.5, 0.6) is 11.5 Å². The highest BCUT2D eigenvalue weighted by molar-refractivity contribution is 8.18. The van der Waals surface area contributed by atoms with Gasteiger partial charge in [-0.15, -0.1) is 0 Å². The van der Waals surface area contributed by atoms with Gasteiger partial charge in [0.15, 0.2) is 22.8 Å². The Hall–Kier alpha value is -3.30. The van der Waals surface area contributed by atoms with Crippen LogP contribution in [0.15, 0.2) is 58.4 Å². The lowest BCUT2D eigenvalue weighted by Gasteiger charge is -2.15. The fourth-order valence-electron chi connectivity index (χ4n) is 3.03. The van der Waals surface area contributed by atoms with Crippen LogP contribution >= 0.6 is 11.8 Å². The molecular formula is C24H26N2O6S. The maximum absolute atomic E-state index is 13.1. The van der Waals surface area contributed by atoms with Gasteiger partial charge in [0.2, 0.25) is 0 Å².